The maximum Gasteiger partial charge on any atom is 0.241 e. The number of carbonyl (C=O) groups is 1. The standard InChI is InChI=1S/C14H22N4O/c1-10(2)13(15)14(19)17-11-5-6-12(16-9-11)18-7-3-4-8-18/h5-6,9-10,13H,3-4,7-8,15H2,1-2H3,(H,17,19)/t13-/m0/s1. The average molecular weight is 262 g/mol. The summed E-state index contributed by atoms with van der Waals surface area (Å²) in [5, 5.41) is 2.80. The molecule has 0 bridgehead atoms. The molecule has 19 heavy (non-hydrogen) atoms. The maximum atomic E-state index is 11.8. The number of nitrogens with one attached hydrogen (secondary N) is 1. The van der Waals surface area contributed by atoms with Crippen molar-refractivity contribution in [1.29, 1.82) is 0 Å². The lowest BCUT2D eigenvalue weighted by atomic mass is 10.1. The van der Waals surface area contributed by atoms with Crippen LogP contribution in [0, 0.1) is 5.92 Å². The predicted octanol–water partition coefficient (Wildman–Crippen LogP) is 1.60. The van der Waals surface area contributed by atoms with E-state index in [0.717, 1.165) is 18.9 Å². The molecule has 0 aromatic carbocycles. The predicted molar refractivity (Wildman–Crippen MR) is 77.1 cm³/mol. The van der Waals surface area contributed by atoms with Gasteiger partial charge < -0.3 is 16.0 Å². The second-order valence-corrected chi connectivity index (χ2v) is 5.36. The Morgan fingerprint density at radius 3 is 2.58 bits per heavy atom. The highest BCUT2D eigenvalue weighted by molar-refractivity contribution is 5.94. The van der Waals surface area contributed by atoms with Gasteiger partial charge in [0.15, 0.2) is 0 Å². The van der Waals surface area contributed by atoms with E-state index in [1.165, 1.54) is 12.8 Å². The molecule has 5 heteroatoms. The SMILES string of the molecule is CC(C)[C@H](N)C(=O)Nc1ccc(N2CCCC2)nc1. The Kier molecular flexibility index (Phi) is 4.37. The van der Waals surface area contributed by atoms with E-state index in [-0.39, 0.29) is 11.8 Å². The zero-order chi connectivity index (χ0) is 13.8. The Morgan fingerprint density at radius 2 is 2.05 bits per heavy atom. The van der Waals surface area contributed by atoms with Crippen LogP contribution < -0.4 is 16.0 Å². The van der Waals surface area contributed by atoms with Crippen molar-refractivity contribution in [2.45, 2.75) is 32.7 Å². The second-order valence-electron chi connectivity index (χ2n) is 5.36. The van der Waals surface area contributed by atoms with Gasteiger partial charge in [0.2, 0.25) is 5.91 Å². The van der Waals surface area contributed by atoms with Crippen molar-refractivity contribution in [3.8, 4) is 0 Å². The zero-order valence-electron chi connectivity index (χ0n) is 11.6. The molecule has 104 valence electrons. The first-order chi connectivity index (χ1) is 9.08. The molecule has 1 aromatic rings. The van der Waals surface area contributed by atoms with Crippen LogP contribution in [0.5, 0.6) is 0 Å². The van der Waals surface area contributed by atoms with Crippen molar-refractivity contribution >= 4 is 17.4 Å². The average Bonchev–Trinajstić information content (AvgIpc) is 2.92. The number of nitrogens with two attached hydrogens (primary N) is 1. The van der Waals surface area contributed by atoms with Gasteiger partial charge in [-0.2, -0.15) is 0 Å². The van der Waals surface area contributed by atoms with Crippen LogP contribution in [0.1, 0.15) is 26.7 Å². The van der Waals surface area contributed by atoms with Crippen molar-refractivity contribution in [3.63, 3.8) is 0 Å². The number of nitrogens with zero attached hydrogens (tertiary/aromatic N) is 2. The van der Waals surface area contributed by atoms with E-state index in [1.807, 2.05) is 26.0 Å². The molecule has 2 heterocycles. The van der Waals surface area contributed by atoms with Crippen LogP contribution in [-0.2, 0) is 4.79 Å². The van der Waals surface area contributed by atoms with Gasteiger partial charge in [-0.3, -0.25) is 4.79 Å². The topological polar surface area (TPSA) is 71.2 Å². The zero-order valence-corrected chi connectivity index (χ0v) is 11.6. The molecule has 1 atom stereocenters. The van der Waals surface area contributed by atoms with Crippen molar-refractivity contribution in [1.82, 2.24) is 4.98 Å². The molecule has 1 fully saturated rings. The highest BCUT2D eigenvalue weighted by atomic mass is 16.2. The van der Waals surface area contributed by atoms with Crippen molar-refractivity contribution < 1.29 is 4.79 Å². The van der Waals surface area contributed by atoms with Gasteiger partial charge in [0.25, 0.3) is 0 Å². The first kappa shape index (κ1) is 13.8. The number of hydrogen-bond acceptors (Lipinski definition) is 4. The Morgan fingerprint density at radius 1 is 1.37 bits per heavy atom. The molecule has 0 spiro atoms. The molecule has 1 saturated heterocycles. The maximum absolute atomic E-state index is 11.8. The molecule has 1 aromatic heterocycles. The Hall–Kier alpha value is -1.62. The third kappa shape index (κ3) is 3.44. The highest BCUT2D eigenvalue weighted by Gasteiger charge is 2.18. The molecule has 2 rings (SSSR count). The molecule has 1 amide bonds. The molecule has 0 unspecified atom stereocenters. The molecule has 0 aliphatic carbocycles. The lowest BCUT2D eigenvalue weighted by molar-refractivity contribution is -0.118. The van der Waals surface area contributed by atoms with Crippen LogP contribution >= 0.6 is 0 Å². The number of anilines is 2. The van der Waals surface area contributed by atoms with Crippen molar-refractivity contribution in [3.05, 3.63) is 18.3 Å². The fraction of sp³-hybridized carbons (Fsp3) is 0.571. The van der Waals surface area contributed by atoms with Gasteiger partial charge in [0.1, 0.15) is 5.82 Å². The molecular weight excluding hydrogens is 240 g/mol. The van der Waals surface area contributed by atoms with Crippen molar-refractivity contribution in [2.24, 2.45) is 11.7 Å². The summed E-state index contributed by atoms with van der Waals surface area (Å²) in [5.74, 6) is 0.936. The molecule has 0 radical (unpaired) electrons. The third-order valence-electron chi connectivity index (χ3n) is 3.47. The minimum Gasteiger partial charge on any atom is -0.357 e. The number of rotatable bonds is 4. The smallest absolute Gasteiger partial charge is 0.241 e. The number of amides is 1. The summed E-state index contributed by atoms with van der Waals surface area (Å²) in [4.78, 5) is 18.5. The van der Waals surface area contributed by atoms with E-state index >= 15 is 0 Å². The van der Waals surface area contributed by atoms with E-state index < -0.39 is 6.04 Å². The lowest BCUT2D eigenvalue weighted by Gasteiger charge is -2.17. The molecule has 1 aliphatic heterocycles. The summed E-state index contributed by atoms with van der Waals surface area (Å²) < 4.78 is 0. The molecule has 3 N–H and O–H groups in total. The highest BCUT2D eigenvalue weighted by Crippen LogP contribution is 2.19. The number of carbonyl (C=O) groups excluding carboxylic acids is 1. The van der Waals surface area contributed by atoms with E-state index in [9.17, 15) is 4.79 Å². The summed E-state index contributed by atoms with van der Waals surface area (Å²) in [7, 11) is 0. The first-order valence-electron chi connectivity index (χ1n) is 6.85. The number of aromatic nitrogens is 1. The van der Waals surface area contributed by atoms with Gasteiger partial charge in [-0.15, -0.1) is 0 Å². The summed E-state index contributed by atoms with van der Waals surface area (Å²) in [5.41, 5.74) is 6.49. The first-order valence-corrected chi connectivity index (χ1v) is 6.85. The van der Waals surface area contributed by atoms with E-state index in [2.05, 4.69) is 15.2 Å². The Labute approximate surface area is 114 Å². The van der Waals surface area contributed by atoms with E-state index in [4.69, 9.17) is 5.73 Å². The van der Waals surface area contributed by atoms with Gasteiger partial charge in [-0.25, -0.2) is 4.98 Å². The molecule has 5 nitrogen and oxygen atoms in total. The van der Waals surface area contributed by atoms with E-state index in [0.29, 0.717) is 5.69 Å². The lowest BCUT2D eigenvalue weighted by Crippen LogP contribution is -2.39. The van der Waals surface area contributed by atoms with Crippen LogP contribution in [0.4, 0.5) is 11.5 Å². The number of hydrogen-bond donors (Lipinski definition) is 2. The summed E-state index contributed by atoms with van der Waals surface area (Å²) >= 11 is 0. The fourth-order valence-corrected chi connectivity index (χ4v) is 2.12. The summed E-state index contributed by atoms with van der Waals surface area (Å²) in [6.07, 6.45) is 4.14. The molecule has 0 saturated carbocycles. The summed E-state index contributed by atoms with van der Waals surface area (Å²) in [6.45, 7) is 5.99. The van der Waals surface area contributed by atoms with Gasteiger partial charge in [0.05, 0.1) is 17.9 Å². The molecular formula is C14H22N4O. The Balaban J connectivity index is 1.96. The van der Waals surface area contributed by atoms with Gasteiger partial charge in [0, 0.05) is 13.1 Å². The second kappa shape index (κ2) is 6.02. The minimum atomic E-state index is -0.488. The minimum absolute atomic E-state index is 0.122. The van der Waals surface area contributed by atoms with Crippen LogP contribution in [0.2, 0.25) is 0 Å². The van der Waals surface area contributed by atoms with Gasteiger partial charge in [-0.05, 0) is 30.9 Å². The van der Waals surface area contributed by atoms with Crippen LogP contribution in [0.15, 0.2) is 18.3 Å². The van der Waals surface area contributed by atoms with Crippen LogP contribution in [0.25, 0.3) is 0 Å². The fourth-order valence-electron chi connectivity index (χ4n) is 2.12. The summed E-state index contributed by atoms with van der Waals surface area (Å²) in [6, 6.07) is 3.34. The Bertz CT molecular complexity index is 424. The van der Waals surface area contributed by atoms with Crippen molar-refractivity contribution in [2.75, 3.05) is 23.3 Å². The van der Waals surface area contributed by atoms with Gasteiger partial charge in [-0.1, -0.05) is 13.8 Å². The quantitative estimate of drug-likeness (QED) is 0.864. The van der Waals surface area contributed by atoms with E-state index in [1.54, 1.807) is 6.20 Å². The normalized spacial score (nSPS) is 16.7. The number of pyridine rings is 1. The largest absolute Gasteiger partial charge is 0.357 e. The van der Waals surface area contributed by atoms with Crippen LogP contribution in [0.3, 0.4) is 0 Å². The third-order valence-corrected chi connectivity index (χ3v) is 3.47. The molecule has 1 aliphatic rings. The monoisotopic (exact) mass is 262 g/mol. The van der Waals surface area contributed by atoms with Gasteiger partial charge >= 0.3 is 0 Å². The van der Waals surface area contributed by atoms with Crippen LogP contribution in [-0.4, -0.2) is 30.0 Å².